The van der Waals surface area contributed by atoms with Crippen LogP contribution in [0.5, 0.6) is 5.75 Å². The predicted molar refractivity (Wildman–Crippen MR) is 113 cm³/mol. The third kappa shape index (κ3) is 4.96. The first-order chi connectivity index (χ1) is 14.2. The van der Waals surface area contributed by atoms with Crippen LogP contribution in [0.1, 0.15) is 18.1 Å². The largest absolute Gasteiger partial charge is 0.495 e. The zero-order chi connectivity index (χ0) is 20.6. The molecule has 1 aliphatic rings. The molecule has 0 aromatic heterocycles. The monoisotopic (exact) mass is 395 g/mol. The van der Waals surface area contributed by atoms with Crippen molar-refractivity contribution in [2.75, 3.05) is 44.7 Å². The van der Waals surface area contributed by atoms with E-state index in [-0.39, 0.29) is 12.4 Å². The maximum atomic E-state index is 14.1. The number of hydrogen-bond acceptors (Lipinski definition) is 4. The molecule has 1 heterocycles. The molecule has 0 spiro atoms. The number of hydrogen-bond donors (Lipinski definition) is 1. The number of nitriles is 1. The second-order valence-electron chi connectivity index (χ2n) is 6.73. The van der Waals surface area contributed by atoms with E-state index in [0.29, 0.717) is 11.1 Å². The number of piperazine rings is 1. The van der Waals surface area contributed by atoms with E-state index in [9.17, 15) is 4.39 Å². The van der Waals surface area contributed by atoms with Gasteiger partial charge in [-0.15, -0.1) is 0 Å². The van der Waals surface area contributed by atoms with E-state index in [1.807, 2.05) is 31.2 Å². The van der Waals surface area contributed by atoms with Gasteiger partial charge in [0, 0.05) is 38.3 Å². The molecule has 3 rings (SSSR count). The van der Waals surface area contributed by atoms with Crippen molar-refractivity contribution in [1.29, 1.82) is 5.26 Å². The highest BCUT2D eigenvalue weighted by Gasteiger charge is 2.21. The summed E-state index contributed by atoms with van der Waals surface area (Å²) in [5.41, 5.74) is 1.95. The van der Waals surface area contributed by atoms with Gasteiger partial charge < -0.3 is 19.9 Å². The van der Waals surface area contributed by atoms with Crippen LogP contribution in [0.25, 0.3) is 0 Å². The molecular weight excluding hydrogens is 369 g/mol. The molecule has 6 nitrogen and oxygen atoms in total. The first-order valence-electron chi connectivity index (χ1n) is 9.76. The maximum absolute atomic E-state index is 14.1. The van der Waals surface area contributed by atoms with Gasteiger partial charge in [0.25, 0.3) is 0 Å². The predicted octanol–water partition coefficient (Wildman–Crippen LogP) is 2.99. The highest BCUT2D eigenvalue weighted by Crippen LogP contribution is 2.28. The molecule has 7 heteroatoms. The number of methoxy groups -OCH3 is 1. The second-order valence-corrected chi connectivity index (χ2v) is 6.73. The average Bonchev–Trinajstić information content (AvgIpc) is 2.77. The molecule has 0 aliphatic carbocycles. The fourth-order valence-corrected chi connectivity index (χ4v) is 3.40. The fourth-order valence-electron chi connectivity index (χ4n) is 3.40. The molecule has 1 aliphatic heterocycles. The number of guanidine groups is 1. The van der Waals surface area contributed by atoms with Gasteiger partial charge in [-0.3, -0.25) is 0 Å². The normalized spacial score (nSPS) is 14.5. The van der Waals surface area contributed by atoms with Crippen LogP contribution in [-0.2, 0) is 6.54 Å². The van der Waals surface area contributed by atoms with Crippen LogP contribution >= 0.6 is 0 Å². The molecule has 0 bridgehead atoms. The summed E-state index contributed by atoms with van der Waals surface area (Å²) in [4.78, 5) is 9.10. The molecule has 0 unspecified atom stereocenters. The molecule has 1 saturated heterocycles. The van der Waals surface area contributed by atoms with Gasteiger partial charge in [-0.25, -0.2) is 9.38 Å². The van der Waals surface area contributed by atoms with Crippen molar-refractivity contribution in [3.63, 3.8) is 0 Å². The van der Waals surface area contributed by atoms with E-state index in [0.717, 1.165) is 50.1 Å². The summed E-state index contributed by atoms with van der Waals surface area (Å²) in [5.74, 6) is 1.29. The van der Waals surface area contributed by atoms with Crippen LogP contribution in [0.4, 0.5) is 10.1 Å². The molecule has 0 amide bonds. The lowest BCUT2D eigenvalue weighted by atomic mass is 10.1. The van der Waals surface area contributed by atoms with Crippen molar-refractivity contribution in [2.45, 2.75) is 13.5 Å². The third-order valence-electron chi connectivity index (χ3n) is 4.91. The highest BCUT2D eigenvalue weighted by atomic mass is 19.1. The lowest BCUT2D eigenvalue weighted by molar-refractivity contribution is 0.367. The van der Waals surface area contributed by atoms with Gasteiger partial charge in [0.2, 0.25) is 0 Å². The van der Waals surface area contributed by atoms with Gasteiger partial charge in [0.1, 0.15) is 11.6 Å². The number of anilines is 1. The quantitative estimate of drug-likeness (QED) is 0.623. The third-order valence-corrected chi connectivity index (χ3v) is 4.91. The molecule has 0 radical (unpaired) electrons. The number of ether oxygens (including phenoxy) is 1. The lowest BCUT2D eigenvalue weighted by Crippen LogP contribution is -2.52. The van der Waals surface area contributed by atoms with Crippen molar-refractivity contribution < 1.29 is 9.13 Å². The van der Waals surface area contributed by atoms with Crippen molar-refractivity contribution in [3.8, 4) is 11.8 Å². The molecule has 1 fully saturated rings. The number of aliphatic imine (C=N–C) groups is 1. The first kappa shape index (κ1) is 20.5. The minimum absolute atomic E-state index is 0.191. The lowest BCUT2D eigenvalue weighted by Gasteiger charge is -2.38. The van der Waals surface area contributed by atoms with E-state index in [1.165, 1.54) is 12.1 Å². The molecule has 0 saturated carbocycles. The van der Waals surface area contributed by atoms with Crippen molar-refractivity contribution in [1.82, 2.24) is 10.2 Å². The average molecular weight is 395 g/mol. The van der Waals surface area contributed by atoms with Gasteiger partial charge in [0.05, 0.1) is 31.0 Å². The number of nitrogens with one attached hydrogen (secondary N) is 1. The Morgan fingerprint density at radius 1 is 1.21 bits per heavy atom. The Labute approximate surface area is 171 Å². The minimum atomic E-state index is -0.343. The Morgan fingerprint density at radius 3 is 2.66 bits per heavy atom. The van der Waals surface area contributed by atoms with E-state index in [1.54, 1.807) is 13.2 Å². The van der Waals surface area contributed by atoms with Gasteiger partial charge in [-0.05, 0) is 37.3 Å². The number of para-hydroxylation sites is 2. The Morgan fingerprint density at radius 2 is 1.97 bits per heavy atom. The van der Waals surface area contributed by atoms with Gasteiger partial charge >= 0.3 is 0 Å². The van der Waals surface area contributed by atoms with Crippen LogP contribution in [0.3, 0.4) is 0 Å². The Kier molecular flexibility index (Phi) is 6.90. The summed E-state index contributed by atoms with van der Waals surface area (Å²) in [6, 6.07) is 14.4. The number of benzene rings is 2. The molecule has 2 aromatic carbocycles. The Hall–Kier alpha value is -3.27. The van der Waals surface area contributed by atoms with E-state index < -0.39 is 0 Å². The van der Waals surface area contributed by atoms with Crippen LogP contribution in [0.2, 0.25) is 0 Å². The topological polar surface area (TPSA) is 63.9 Å². The molecule has 1 N–H and O–H groups in total. The summed E-state index contributed by atoms with van der Waals surface area (Å²) >= 11 is 0. The summed E-state index contributed by atoms with van der Waals surface area (Å²) in [5, 5.41) is 12.3. The summed E-state index contributed by atoms with van der Waals surface area (Å²) in [6.07, 6.45) is 0. The first-order valence-corrected chi connectivity index (χ1v) is 9.76. The number of nitrogens with zero attached hydrogens (tertiary/aromatic N) is 4. The zero-order valence-electron chi connectivity index (χ0n) is 16.9. The maximum Gasteiger partial charge on any atom is 0.194 e. The van der Waals surface area contributed by atoms with E-state index in [2.05, 4.69) is 26.2 Å². The molecule has 29 heavy (non-hydrogen) atoms. The minimum Gasteiger partial charge on any atom is -0.495 e. The molecular formula is C22H26FN5O. The van der Waals surface area contributed by atoms with Crippen LogP contribution in [-0.4, -0.2) is 50.7 Å². The fraction of sp³-hybridized carbons (Fsp3) is 0.364. The van der Waals surface area contributed by atoms with Crippen LogP contribution in [0, 0.1) is 17.1 Å². The van der Waals surface area contributed by atoms with E-state index in [4.69, 9.17) is 10.00 Å². The Bertz CT molecular complexity index is 900. The highest BCUT2D eigenvalue weighted by molar-refractivity contribution is 5.80. The number of rotatable bonds is 5. The standard InChI is InChI=1S/C22H26FN5O/c1-3-25-22(26-16-18-14-17(15-24)8-9-19(18)23)28-12-10-27(11-13-28)20-6-4-5-7-21(20)29-2/h4-9,14H,3,10-13,16H2,1-2H3,(H,25,26). The van der Waals surface area contributed by atoms with Crippen molar-refractivity contribution in [3.05, 3.63) is 59.4 Å². The second kappa shape index (κ2) is 9.78. The van der Waals surface area contributed by atoms with Crippen molar-refractivity contribution in [2.24, 2.45) is 4.99 Å². The van der Waals surface area contributed by atoms with Gasteiger partial charge in [-0.1, -0.05) is 12.1 Å². The summed E-state index contributed by atoms with van der Waals surface area (Å²) in [7, 11) is 1.69. The molecule has 2 aromatic rings. The zero-order valence-corrected chi connectivity index (χ0v) is 16.9. The van der Waals surface area contributed by atoms with Gasteiger partial charge in [0.15, 0.2) is 5.96 Å². The molecule has 152 valence electrons. The van der Waals surface area contributed by atoms with Crippen LogP contribution < -0.4 is 15.0 Å². The van der Waals surface area contributed by atoms with Crippen molar-refractivity contribution >= 4 is 11.6 Å². The summed E-state index contributed by atoms with van der Waals surface area (Å²) < 4.78 is 19.5. The smallest absolute Gasteiger partial charge is 0.194 e. The summed E-state index contributed by atoms with van der Waals surface area (Å²) in [6.45, 7) is 6.20. The molecule has 0 atom stereocenters. The van der Waals surface area contributed by atoms with Crippen LogP contribution in [0.15, 0.2) is 47.5 Å². The number of halogens is 1. The SMILES string of the molecule is CCNC(=NCc1cc(C#N)ccc1F)N1CCN(c2ccccc2OC)CC1. The van der Waals surface area contributed by atoms with E-state index >= 15 is 0 Å². The van der Waals surface area contributed by atoms with Gasteiger partial charge in [-0.2, -0.15) is 5.26 Å². The Balaban J connectivity index is 1.69.